The van der Waals surface area contributed by atoms with E-state index in [2.05, 4.69) is 4.98 Å². The van der Waals surface area contributed by atoms with Crippen LogP contribution in [0.5, 0.6) is 5.88 Å². The highest BCUT2D eigenvalue weighted by atomic mass is 16.5. The lowest BCUT2D eigenvalue weighted by Gasteiger charge is -2.10. The first-order valence-electron chi connectivity index (χ1n) is 5.80. The van der Waals surface area contributed by atoms with Gasteiger partial charge in [-0.15, -0.1) is 0 Å². The molecule has 1 aromatic rings. The predicted molar refractivity (Wildman–Crippen MR) is 64.9 cm³/mol. The molecule has 0 aromatic carbocycles. The fourth-order valence-electron chi connectivity index (χ4n) is 1.63. The van der Waals surface area contributed by atoms with Crippen LogP contribution in [-0.2, 0) is 16.0 Å². The van der Waals surface area contributed by atoms with Gasteiger partial charge in [0.2, 0.25) is 5.88 Å². The van der Waals surface area contributed by atoms with Gasteiger partial charge in [0.1, 0.15) is 0 Å². The summed E-state index contributed by atoms with van der Waals surface area (Å²) in [5.41, 5.74) is 1.10. The predicted octanol–water partition coefficient (Wildman–Crippen LogP) is 2.22. The van der Waals surface area contributed by atoms with Crippen molar-refractivity contribution >= 4 is 5.97 Å². The monoisotopic (exact) mass is 237 g/mol. The van der Waals surface area contributed by atoms with Crippen molar-refractivity contribution in [3.63, 3.8) is 0 Å². The van der Waals surface area contributed by atoms with Crippen LogP contribution in [0.2, 0.25) is 0 Å². The van der Waals surface area contributed by atoms with E-state index in [-0.39, 0.29) is 11.9 Å². The maximum atomic E-state index is 11.3. The second kappa shape index (κ2) is 6.89. The number of carbonyl (C=O) groups excluding carboxylic acids is 1. The normalized spacial score (nSPS) is 11.9. The Bertz CT molecular complexity index is 348. The van der Waals surface area contributed by atoms with Crippen LogP contribution >= 0.6 is 0 Å². The lowest BCUT2D eigenvalue weighted by Crippen LogP contribution is -2.11. The summed E-state index contributed by atoms with van der Waals surface area (Å²) in [6.45, 7) is 4.28. The van der Waals surface area contributed by atoms with Crippen LogP contribution in [0.15, 0.2) is 18.3 Å². The molecule has 0 radical (unpaired) electrons. The maximum absolute atomic E-state index is 11.3. The lowest BCUT2D eigenvalue weighted by molar-refractivity contribution is -0.144. The molecule has 0 saturated heterocycles. The summed E-state index contributed by atoms with van der Waals surface area (Å²) >= 11 is 0. The average molecular weight is 237 g/mol. The molecule has 0 saturated carbocycles. The van der Waals surface area contributed by atoms with Crippen LogP contribution in [0.4, 0.5) is 0 Å². The van der Waals surface area contributed by atoms with Gasteiger partial charge in [-0.2, -0.15) is 0 Å². The molecule has 1 heterocycles. The molecule has 4 heteroatoms. The van der Waals surface area contributed by atoms with E-state index in [4.69, 9.17) is 9.47 Å². The third-order valence-corrected chi connectivity index (χ3v) is 2.41. The first-order chi connectivity index (χ1) is 8.15. The van der Waals surface area contributed by atoms with Crippen molar-refractivity contribution in [2.45, 2.75) is 26.7 Å². The number of carbonyl (C=O) groups is 1. The molecular formula is C13H19NO3. The molecule has 0 fully saturated rings. The summed E-state index contributed by atoms with van der Waals surface area (Å²) in [5, 5.41) is 0. The fourth-order valence-corrected chi connectivity index (χ4v) is 1.63. The maximum Gasteiger partial charge on any atom is 0.306 e. The highest BCUT2D eigenvalue weighted by molar-refractivity contribution is 5.69. The molecule has 1 atom stereocenters. The van der Waals surface area contributed by atoms with E-state index >= 15 is 0 Å². The summed E-state index contributed by atoms with van der Waals surface area (Å²) in [6.07, 6.45) is 3.04. The van der Waals surface area contributed by atoms with Gasteiger partial charge in [-0.1, -0.05) is 13.0 Å². The van der Waals surface area contributed by atoms with E-state index in [1.807, 2.05) is 26.0 Å². The number of ether oxygens (including phenoxy) is 2. The molecule has 0 bridgehead atoms. The van der Waals surface area contributed by atoms with Crippen LogP contribution < -0.4 is 4.74 Å². The first-order valence-corrected chi connectivity index (χ1v) is 5.80. The van der Waals surface area contributed by atoms with Crippen LogP contribution in [0.25, 0.3) is 0 Å². The molecule has 17 heavy (non-hydrogen) atoms. The Kier molecular flexibility index (Phi) is 5.46. The van der Waals surface area contributed by atoms with E-state index in [0.717, 1.165) is 12.0 Å². The van der Waals surface area contributed by atoms with Crippen LogP contribution in [0.3, 0.4) is 0 Å². The summed E-state index contributed by atoms with van der Waals surface area (Å²) in [6, 6.07) is 3.79. The second-order valence-electron chi connectivity index (χ2n) is 4.03. The van der Waals surface area contributed by atoms with Crippen molar-refractivity contribution in [3.8, 4) is 5.88 Å². The Balaban J connectivity index is 2.44. The standard InChI is InChI=1S/C13H19NO3/c1-4-17-13(15)8-10(2)7-11-5-6-12(16-3)14-9-11/h5-6,9-10H,4,7-8H2,1-3H3. The Labute approximate surface area is 102 Å². The minimum absolute atomic E-state index is 0.138. The molecule has 0 aliphatic heterocycles. The Morgan fingerprint density at radius 1 is 1.47 bits per heavy atom. The third-order valence-electron chi connectivity index (χ3n) is 2.41. The van der Waals surface area contributed by atoms with Crippen molar-refractivity contribution in [1.82, 2.24) is 4.98 Å². The van der Waals surface area contributed by atoms with Crippen molar-refractivity contribution in [3.05, 3.63) is 23.9 Å². The number of aromatic nitrogens is 1. The Morgan fingerprint density at radius 2 is 2.24 bits per heavy atom. The molecule has 4 nitrogen and oxygen atoms in total. The molecule has 0 aliphatic rings. The minimum atomic E-state index is -0.138. The molecular weight excluding hydrogens is 218 g/mol. The van der Waals surface area contributed by atoms with Crippen LogP contribution in [0, 0.1) is 5.92 Å². The van der Waals surface area contributed by atoms with Gasteiger partial charge in [0.15, 0.2) is 0 Å². The number of hydrogen-bond donors (Lipinski definition) is 0. The van der Waals surface area contributed by atoms with Gasteiger partial charge in [0.05, 0.1) is 13.7 Å². The van der Waals surface area contributed by atoms with Crippen molar-refractivity contribution < 1.29 is 14.3 Å². The molecule has 0 spiro atoms. The molecule has 1 unspecified atom stereocenters. The zero-order valence-corrected chi connectivity index (χ0v) is 10.6. The Morgan fingerprint density at radius 3 is 2.76 bits per heavy atom. The van der Waals surface area contributed by atoms with Gasteiger partial charge < -0.3 is 9.47 Å². The van der Waals surface area contributed by atoms with Crippen molar-refractivity contribution in [2.24, 2.45) is 5.92 Å². The van der Waals surface area contributed by atoms with Gasteiger partial charge in [-0.05, 0) is 24.8 Å². The van der Waals surface area contributed by atoms with Gasteiger partial charge >= 0.3 is 5.97 Å². The van der Waals surface area contributed by atoms with Gasteiger partial charge in [-0.3, -0.25) is 4.79 Å². The van der Waals surface area contributed by atoms with E-state index in [0.29, 0.717) is 18.9 Å². The number of methoxy groups -OCH3 is 1. The number of pyridine rings is 1. The summed E-state index contributed by atoms with van der Waals surface area (Å²) in [7, 11) is 1.59. The molecule has 94 valence electrons. The molecule has 0 amide bonds. The number of esters is 1. The number of hydrogen-bond acceptors (Lipinski definition) is 4. The molecule has 1 rings (SSSR count). The zero-order valence-electron chi connectivity index (χ0n) is 10.6. The number of rotatable bonds is 6. The van der Waals surface area contributed by atoms with E-state index in [1.54, 1.807) is 13.3 Å². The van der Waals surface area contributed by atoms with Crippen LogP contribution in [-0.4, -0.2) is 24.7 Å². The van der Waals surface area contributed by atoms with Gasteiger partial charge in [0.25, 0.3) is 0 Å². The van der Waals surface area contributed by atoms with Crippen LogP contribution in [0.1, 0.15) is 25.8 Å². The molecule has 0 N–H and O–H groups in total. The lowest BCUT2D eigenvalue weighted by atomic mass is 9.99. The smallest absolute Gasteiger partial charge is 0.306 e. The summed E-state index contributed by atoms with van der Waals surface area (Å²) in [4.78, 5) is 15.4. The first kappa shape index (κ1) is 13.5. The molecule has 0 aliphatic carbocycles. The summed E-state index contributed by atoms with van der Waals surface area (Å²) < 4.78 is 9.90. The van der Waals surface area contributed by atoms with Gasteiger partial charge in [0, 0.05) is 18.7 Å². The fraction of sp³-hybridized carbons (Fsp3) is 0.538. The van der Waals surface area contributed by atoms with Crippen molar-refractivity contribution in [1.29, 1.82) is 0 Å². The van der Waals surface area contributed by atoms with E-state index in [9.17, 15) is 4.79 Å². The summed E-state index contributed by atoms with van der Waals surface area (Å²) in [5.74, 6) is 0.720. The van der Waals surface area contributed by atoms with E-state index < -0.39 is 0 Å². The highest BCUT2D eigenvalue weighted by Gasteiger charge is 2.10. The topological polar surface area (TPSA) is 48.4 Å². The largest absolute Gasteiger partial charge is 0.481 e. The average Bonchev–Trinajstić information content (AvgIpc) is 2.30. The van der Waals surface area contributed by atoms with Gasteiger partial charge in [-0.25, -0.2) is 4.98 Å². The van der Waals surface area contributed by atoms with Crippen molar-refractivity contribution in [2.75, 3.05) is 13.7 Å². The molecule has 1 aromatic heterocycles. The second-order valence-corrected chi connectivity index (χ2v) is 4.03. The highest BCUT2D eigenvalue weighted by Crippen LogP contribution is 2.14. The zero-order chi connectivity index (χ0) is 12.7. The van der Waals surface area contributed by atoms with E-state index in [1.165, 1.54) is 0 Å². The minimum Gasteiger partial charge on any atom is -0.481 e. The number of nitrogens with zero attached hydrogens (tertiary/aromatic N) is 1. The quantitative estimate of drug-likeness (QED) is 0.712. The SMILES string of the molecule is CCOC(=O)CC(C)Cc1ccc(OC)nc1. The Hall–Kier alpha value is -1.58. The third kappa shape index (κ3) is 4.85.